The summed E-state index contributed by atoms with van der Waals surface area (Å²) < 4.78 is 5.06. The summed E-state index contributed by atoms with van der Waals surface area (Å²) >= 11 is 1.88. The van der Waals surface area contributed by atoms with Crippen molar-refractivity contribution in [3.63, 3.8) is 0 Å². The minimum Gasteiger partial charge on any atom is -0.360 e. The maximum atomic E-state index is 4.85. The molecule has 0 bridgehead atoms. The van der Waals surface area contributed by atoms with Crippen molar-refractivity contribution in [3.8, 4) is 27.9 Å². The van der Waals surface area contributed by atoms with Crippen LogP contribution in [-0.2, 0) is 0 Å². The van der Waals surface area contributed by atoms with Gasteiger partial charge in [0.25, 0.3) is 0 Å². The molecule has 7 aromatic carbocycles. The average Bonchev–Trinajstić information content (AvgIpc) is 3.74. The third kappa shape index (κ3) is 4.76. The van der Waals surface area contributed by atoms with E-state index < -0.39 is 0 Å². The van der Waals surface area contributed by atoms with Gasteiger partial charge in [-0.1, -0.05) is 127 Å². The second-order valence-electron chi connectivity index (χ2n) is 12.8. The molecule has 1 aliphatic rings. The van der Waals surface area contributed by atoms with Crippen LogP contribution in [0.15, 0.2) is 175 Å². The molecule has 3 nitrogen and oxygen atoms in total. The minimum atomic E-state index is -0.190. The molecule has 0 radical (unpaired) electrons. The number of aromatic nitrogens is 1. The van der Waals surface area contributed by atoms with Gasteiger partial charge in [0.05, 0.1) is 11.0 Å². The van der Waals surface area contributed by atoms with Gasteiger partial charge in [-0.15, -0.1) is 11.3 Å². The molecule has 3 heterocycles. The van der Waals surface area contributed by atoms with E-state index in [1.165, 1.54) is 64.2 Å². The first-order valence-corrected chi connectivity index (χ1v) is 17.8. The second-order valence-corrected chi connectivity index (χ2v) is 13.9. The molecule has 0 spiro atoms. The molecule has 0 aliphatic carbocycles. The number of thiophene rings is 1. The fourth-order valence-corrected chi connectivity index (χ4v) is 8.72. The van der Waals surface area contributed by atoms with Crippen molar-refractivity contribution in [2.45, 2.75) is 6.17 Å². The molecule has 1 aliphatic heterocycles. The Hall–Kier alpha value is -6.23. The first-order valence-electron chi connectivity index (χ1n) is 17.0. The number of rotatable bonds is 5. The maximum Gasteiger partial charge on any atom is 0.144 e. The van der Waals surface area contributed by atoms with E-state index in [1.807, 2.05) is 17.6 Å². The summed E-state index contributed by atoms with van der Waals surface area (Å²) in [7, 11) is 0. The van der Waals surface area contributed by atoms with E-state index >= 15 is 0 Å². The Kier molecular flexibility index (Phi) is 6.74. The monoisotopic (exact) mass is 657 g/mol. The van der Waals surface area contributed by atoms with Crippen LogP contribution in [0.4, 0.5) is 0 Å². The zero-order valence-electron chi connectivity index (χ0n) is 27.1. The van der Waals surface area contributed by atoms with Crippen LogP contribution in [0.25, 0.3) is 75.6 Å². The highest BCUT2D eigenvalue weighted by Crippen LogP contribution is 2.42. The summed E-state index contributed by atoms with van der Waals surface area (Å²) in [5, 5.41) is 8.84. The first kappa shape index (κ1) is 28.8. The molecular weight excluding hydrogens is 627 g/mol. The lowest BCUT2D eigenvalue weighted by Crippen LogP contribution is -2.21. The van der Waals surface area contributed by atoms with E-state index in [0.29, 0.717) is 0 Å². The maximum absolute atomic E-state index is 4.85. The van der Waals surface area contributed by atoms with E-state index in [-0.39, 0.29) is 6.17 Å². The van der Waals surface area contributed by atoms with Crippen molar-refractivity contribution in [2.24, 2.45) is 4.99 Å². The fourth-order valence-electron chi connectivity index (χ4n) is 7.49. The molecule has 0 fully saturated rings. The standard InChI is InChI=1S/C46H31N3S/c1-2-10-30(11-3-1)31-20-22-32(23-21-31)41-26-27-47-46(48-41)34-12-8-13-35(28-34)49-42-18-6-4-14-37(42)40-29-33(24-25-43(40)49)36-16-9-17-39-38-15-5-7-19-44(38)50-45(36)39/h1-29,46,48H. The molecule has 50 heavy (non-hydrogen) atoms. The Morgan fingerprint density at radius 1 is 0.520 bits per heavy atom. The van der Waals surface area contributed by atoms with Gasteiger partial charge in [-0.2, -0.15) is 0 Å². The summed E-state index contributed by atoms with van der Waals surface area (Å²) in [5.41, 5.74) is 11.8. The number of para-hydroxylation sites is 1. The van der Waals surface area contributed by atoms with Crippen LogP contribution in [0.2, 0.25) is 0 Å². The molecule has 10 rings (SSSR count). The Morgan fingerprint density at radius 3 is 2.12 bits per heavy atom. The topological polar surface area (TPSA) is 29.3 Å². The molecule has 236 valence electrons. The largest absolute Gasteiger partial charge is 0.360 e. The summed E-state index contributed by atoms with van der Waals surface area (Å²) in [6.45, 7) is 0. The lowest BCUT2D eigenvalue weighted by molar-refractivity contribution is 0.667. The molecule has 0 saturated carbocycles. The van der Waals surface area contributed by atoms with Crippen LogP contribution in [0.3, 0.4) is 0 Å². The average molecular weight is 658 g/mol. The van der Waals surface area contributed by atoms with E-state index in [0.717, 1.165) is 22.5 Å². The highest BCUT2D eigenvalue weighted by molar-refractivity contribution is 7.26. The molecule has 1 N–H and O–H groups in total. The van der Waals surface area contributed by atoms with Crippen LogP contribution in [-0.4, -0.2) is 10.8 Å². The van der Waals surface area contributed by atoms with Crippen molar-refractivity contribution in [2.75, 3.05) is 0 Å². The summed E-state index contributed by atoms with van der Waals surface area (Å²) in [4.78, 5) is 4.85. The zero-order chi connectivity index (χ0) is 33.0. The number of nitrogens with one attached hydrogen (secondary N) is 1. The van der Waals surface area contributed by atoms with E-state index in [2.05, 4.69) is 180 Å². The molecule has 2 aromatic heterocycles. The summed E-state index contributed by atoms with van der Waals surface area (Å²) in [5.74, 6) is 0. The van der Waals surface area contributed by atoms with E-state index in [4.69, 9.17) is 4.99 Å². The number of nitrogens with zero attached hydrogens (tertiary/aromatic N) is 2. The number of allylic oxidation sites excluding steroid dienone is 1. The van der Waals surface area contributed by atoms with Gasteiger partial charge < -0.3 is 9.88 Å². The van der Waals surface area contributed by atoms with Crippen LogP contribution >= 0.6 is 11.3 Å². The third-order valence-electron chi connectivity index (χ3n) is 9.90. The van der Waals surface area contributed by atoms with Gasteiger partial charge in [-0.05, 0) is 75.9 Å². The molecule has 1 atom stereocenters. The third-order valence-corrected chi connectivity index (χ3v) is 11.1. The minimum absolute atomic E-state index is 0.190. The van der Waals surface area contributed by atoms with Crippen molar-refractivity contribution < 1.29 is 0 Å². The first-order chi connectivity index (χ1) is 24.8. The van der Waals surface area contributed by atoms with Gasteiger partial charge in [-0.25, -0.2) is 0 Å². The van der Waals surface area contributed by atoms with Gasteiger partial charge in [0, 0.05) is 48.5 Å². The smallest absolute Gasteiger partial charge is 0.144 e. The number of benzene rings is 7. The van der Waals surface area contributed by atoms with Gasteiger partial charge in [-0.3, -0.25) is 4.99 Å². The number of hydrogen-bond acceptors (Lipinski definition) is 3. The molecular formula is C46H31N3S. The lowest BCUT2D eigenvalue weighted by Gasteiger charge is -2.22. The summed E-state index contributed by atoms with van der Waals surface area (Å²) in [6, 6.07) is 59.1. The van der Waals surface area contributed by atoms with Gasteiger partial charge in [0.15, 0.2) is 0 Å². The van der Waals surface area contributed by atoms with Crippen LogP contribution in [0.5, 0.6) is 0 Å². The quantitative estimate of drug-likeness (QED) is 0.196. The molecule has 0 saturated heterocycles. The zero-order valence-corrected chi connectivity index (χ0v) is 27.9. The van der Waals surface area contributed by atoms with Crippen molar-refractivity contribution in [1.82, 2.24) is 9.88 Å². The van der Waals surface area contributed by atoms with E-state index in [1.54, 1.807) is 0 Å². The fraction of sp³-hybridized carbons (Fsp3) is 0.0217. The van der Waals surface area contributed by atoms with Crippen molar-refractivity contribution >= 4 is 65.2 Å². The number of hydrogen-bond donors (Lipinski definition) is 1. The highest BCUT2D eigenvalue weighted by atomic mass is 32.1. The predicted octanol–water partition coefficient (Wildman–Crippen LogP) is 12.2. The molecule has 0 amide bonds. The van der Waals surface area contributed by atoms with Crippen LogP contribution in [0.1, 0.15) is 17.3 Å². The molecule has 1 unspecified atom stereocenters. The Labute approximate surface area is 294 Å². The SMILES string of the molecule is C1=NC(c2cccc(-n3c4ccccc4c4cc(-c5cccc6c5sc5ccccc56)ccc43)c2)NC(c2ccc(-c3ccccc3)cc2)=C1. The Balaban J connectivity index is 1.01. The van der Waals surface area contributed by atoms with Gasteiger partial charge >= 0.3 is 0 Å². The Morgan fingerprint density at radius 2 is 1.22 bits per heavy atom. The molecule has 4 heteroatoms. The summed E-state index contributed by atoms with van der Waals surface area (Å²) in [6.07, 6.45) is 3.79. The van der Waals surface area contributed by atoms with E-state index in [9.17, 15) is 0 Å². The van der Waals surface area contributed by atoms with Gasteiger partial charge in [0.2, 0.25) is 0 Å². The lowest BCUT2D eigenvalue weighted by atomic mass is 10.0. The Bertz CT molecular complexity index is 2780. The molecule has 9 aromatic rings. The van der Waals surface area contributed by atoms with Gasteiger partial charge in [0.1, 0.15) is 6.17 Å². The highest BCUT2D eigenvalue weighted by Gasteiger charge is 2.19. The van der Waals surface area contributed by atoms with Crippen molar-refractivity contribution in [1.29, 1.82) is 0 Å². The van der Waals surface area contributed by atoms with Crippen LogP contribution < -0.4 is 5.32 Å². The number of fused-ring (bicyclic) bond motifs is 6. The van der Waals surface area contributed by atoms with Crippen molar-refractivity contribution in [3.05, 3.63) is 181 Å². The van der Waals surface area contributed by atoms with Crippen LogP contribution in [0, 0.1) is 0 Å². The predicted molar refractivity (Wildman–Crippen MR) is 213 cm³/mol. The number of aliphatic imine (C=N–C) groups is 1. The second kappa shape index (κ2) is 11.7. The normalized spacial score (nSPS) is 14.4.